The van der Waals surface area contributed by atoms with Gasteiger partial charge in [-0.1, -0.05) is 6.07 Å². The Balaban J connectivity index is 1.85. The molecule has 8 heteroatoms. The zero-order valence-electron chi connectivity index (χ0n) is 16.7. The number of anilines is 2. The lowest BCUT2D eigenvalue weighted by Gasteiger charge is -2.19. The number of rotatable bonds is 7. The van der Waals surface area contributed by atoms with Crippen LogP contribution in [-0.2, 0) is 14.8 Å². The van der Waals surface area contributed by atoms with Crippen molar-refractivity contribution in [1.82, 2.24) is 9.97 Å². The second-order valence-electron chi connectivity index (χ2n) is 7.43. The number of fused-ring (bicyclic) bond motifs is 1. The molecule has 0 spiro atoms. The van der Waals surface area contributed by atoms with Crippen molar-refractivity contribution in [2.24, 2.45) is 0 Å². The number of carbonyl (C=O) groups is 1. The van der Waals surface area contributed by atoms with Crippen LogP contribution in [0.4, 0.5) is 11.5 Å². The van der Waals surface area contributed by atoms with Crippen LogP contribution in [0.1, 0.15) is 30.9 Å². The molecule has 2 heterocycles. The Labute approximate surface area is 170 Å². The topological polar surface area (TPSA) is 95.2 Å². The highest BCUT2D eigenvalue weighted by Gasteiger charge is 2.30. The van der Waals surface area contributed by atoms with Gasteiger partial charge in [-0.2, -0.15) is 0 Å². The summed E-state index contributed by atoms with van der Waals surface area (Å²) in [4.78, 5) is 21.1. The summed E-state index contributed by atoms with van der Waals surface area (Å²) >= 11 is 0. The average Bonchev–Trinajstić information content (AvgIpc) is 3.41. The van der Waals surface area contributed by atoms with Crippen LogP contribution in [0.5, 0.6) is 0 Å². The molecule has 1 saturated carbocycles. The number of hydrogen-bond donors (Lipinski definition) is 2. The van der Waals surface area contributed by atoms with Gasteiger partial charge in [0.05, 0.1) is 11.4 Å². The van der Waals surface area contributed by atoms with Crippen molar-refractivity contribution in [2.45, 2.75) is 39.7 Å². The van der Waals surface area contributed by atoms with Crippen LogP contribution in [-0.4, -0.2) is 36.6 Å². The summed E-state index contributed by atoms with van der Waals surface area (Å²) in [7, 11) is -3.35. The number of pyridine rings is 1. The largest absolute Gasteiger partial charge is 0.346 e. The van der Waals surface area contributed by atoms with E-state index in [1.54, 1.807) is 17.9 Å². The van der Waals surface area contributed by atoms with E-state index in [9.17, 15) is 13.2 Å². The number of hydrogen-bond acceptors (Lipinski definition) is 4. The highest BCUT2D eigenvalue weighted by Crippen LogP contribution is 2.38. The number of benzene rings is 1. The summed E-state index contributed by atoms with van der Waals surface area (Å²) in [5, 5.41) is 0.958. The molecular weight excluding hydrogens is 388 g/mol. The third-order valence-electron chi connectivity index (χ3n) is 5.56. The smallest absolute Gasteiger partial charge is 0.232 e. The fourth-order valence-electron chi connectivity index (χ4n) is 3.52. The molecule has 0 radical (unpaired) electrons. The van der Waals surface area contributed by atoms with Gasteiger partial charge in [-0.25, -0.2) is 13.4 Å². The number of sulfonamides is 1. The van der Waals surface area contributed by atoms with Gasteiger partial charge in [-0.3, -0.25) is 14.4 Å². The van der Waals surface area contributed by atoms with Crippen LogP contribution in [0.15, 0.2) is 30.5 Å². The van der Waals surface area contributed by atoms with E-state index in [1.807, 2.05) is 38.2 Å². The van der Waals surface area contributed by atoms with Crippen molar-refractivity contribution < 1.29 is 13.2 Å². The van der Waals surface area contributed by atoms with E-state index in [1.165, 1.54) is 0 Å². The first-order chi connectivity index (χ1) is 13.8. The molecule has 1 aromatic carbocycles. The van der Waals surface area contributed by atoms with E-state index in [4.69, 9.17) is 0 Å². The maximum Gasteiger partial charge on any atom is 0.232 e. The Morgan fingerprint density at radius 3 is 2.62 bits per heavy atom. The van der Waals surface area contributed by atoms with Crippen molar-refractivity contribution in [2.75, 3.05) is 15.4 Å². The zero-order valence-corrected chi connectivity index (χ0v) is 17.5. The van der Waals surface area contributed by atoms with Crippen LogP contribution < -0.4 is 9.62 Å². The van der Waals surface area contributed by atoms with E-state index in [0.29, 0.717) is 11.5 Å². The van der Waals surface area contributed by atoms with Gasteiger partial charge in [0.15, 0.2) is 0 Å². The highest BCUT2D eigenvalue weighted by molar-refractivity contribution is 7.92. The van der Waals surface area contributed by atoms with Gasteiger partial charge in [0.1, 0.15) is 11.5 Å². The lowest BCUT2D eigenvalue weighted by molar-refractivity contribution is -0.107. The summed E-state index contributed by atoms with van der Waals surface area (Å²) in [6.07, 6.45) is 4.66. The molecule has 0 bridgehead atoms. The van der Waals surface area contributed by atoms with Gasteiger partial charge in [0.2, 0.25) is 16.4 Å². The standard InChI is InChI=1S/C21H24N4O3S/c1-4-29(27,28)24-19-8-7-16(13(2)14(19)3)18-11-20(25(12-26)15-5-6-15)23-21-17(18)9-10-22-21/h7-12,15,24H,4-6H2,1-3H3,(H,22,23). The maximum absolute atomic E-state index is 12.0. The SMILES string of the molecule is CCS(=O)(=O)Nc1ccc(-c2cc(N(C=O)C3CC3)nc3[nH]ccc23)c(C)c1C. The number of aromatic amines is 1. The molecule has 0 saturated heterocycles. The minimum Gasteiger partial charge on any atom is -0.346 e. The summed E-state index contributed by atoms with van der Waals surface area (Å²) < 4.78 is 26.6. The molecule has 3 aromatic rings. The van der Waals surface area contributed by atoms with Crippen LogP contribution in [0, 0.1) is 13.8 Å². The first-order valence-corrected chi connectivity index (χ1v) is 11.3. The summed E-state index contributed by atoms with van der Waals surface area (Å²) in [5.41, 5.74) is 5.10. The third-order valence-corrected chi connectivity index (χ3v) is 6.85. The second-order valence-corrected chi connectivity index (χ2v) is 9.44. The van der Waals surface area contributed by atoms with E-state index < -0.39 is 10.0 Å². The summed E-state index contributed by atoms with van der Waals surface area (Å²) in [5.74, 6) is 0.647. The Morgan fingerprint density at radius 1 is 1.21 bits per heavy atom. The molecule has 4 rings (SSSR count). The average molecular weight is 413 g/mol. The third kappa shape index (κ3) is 3.60. The van der Waals surface area contributed by atoms with Gasteiger partial charge >= 0.3 is 0 Å². The fraction of sp³-hybridized carbons (Fsp3) is 0.333. The molecule has 29 heavy (non-hydrogen) atoms. The molecule has 2 aromatic heterocycles. The first-order valence-electron chi connectivity index (χ1n) is 9.67. The normalized spacial score (nSPS) is 14.2. The molecule has 1 fully saturated rings. The van der Waals surface area contributed by atoms with Crippen molar-refractivity contribution in [1.29, 1.82) is 0 Å². The number of amides is 1. The van der Waals surface area contributed by atoms with E-state index >= 15 is 0 Å². The molecule has 0 unspecified atom stereocenters. The van der Waals surface area contributed by atoms with Gasteiger partial charge in [0.25, 0.3) is 0 Å². The van der Waals surface area contributed by atoms with E-state index in [-0.39, 0.29) is 11.8 Å². The number of nitrogens with zero attached hydrogens (tertiary/aromatic N) is 2. The molecule has 0 atom stereocenters. The predicted octanol–water partition coefficient (Wildman–Crippen LogP) is 3.73. The first kappa shape index (κ1) is 19.4. The van der Waals surface area contributed by atoms with Crippen molar-refractivity contribution in [3.8, 4) is 11.1 Å². The lowest BCUT2D eigenvalue weighted by Crippen LogP contribution is -2.24. The molecular formula is C21H24N4O3S. The summed E-state index contributed by atoms with van der Waals surface area (Å²) in [6, 6.07) is 7.84. The minimum absolute atomic E-state index is 0.0215. The monoisotopic (exact) mass is 412 g/mol. The Bertz CT molecular complexity index is 1200. The number of aromatic nitrogens is 2. The van der Waals surface area contributed by atoms with E-state index in [0.717, 1.165) is 52.5 Å². The van der Waals surface area contributed by atoms with Crippen LogP contribution in [0.3, 0.4) is 0 Å². The minimum atomic E-state index is -3.35. The Hall–Kier alpha value is -2.87. The van der Waals surface area contributed by atoms with Crippen molar-refractivity contribution >= 4 is 39.0 Å². The second kappa shape index (κ2) is 7.18. The number of carbonyl (C=O) groups excluding carboxylic acids is 1. The molecule has 7 nitrogen and oxygen atoms in total. The zero-order chi connectivity index (χ0) is 20.8. The van der Waals surface area contributed by atoms with Gasteiger partial charge in [-0.15, -0.1) is 0 Å². The lowest BCUT2D eigenvalue weighted by atomic mass is 9.94. The van der Waals surface area contributed by atoms with Crippen LogP contribution >= 0.6 is 0 Å². The van der Waals surface area contributed by atoms with Gasteiger partial charge in [-0.05, 0) is 74.1 Å². The maximum atomic E-state index is 12.0. The van der Waals surface area contributed by atoms with E-state index in [2.05, 4.69) is 14.7 Å². The quantitative estimate of drug-likeness (QED) is 0.578. The molecule has 1 aliphatic rings. The predicted molar refractivity (Wildman–Crippen MR) is 116 cm³/mol. The molecule has 152 valence electrons. The summed E-state index contributed by atoms with van der Waals surface area (Å²) in [6.45, 7) is 5.49. The Kier molecular flexibility index (Phi) is 4.82. The Morgan fingerprint density at radius 2 is 1.97 bits per heavy atom. The van der Waals surface area contributed by atoms with Crippen LogP contribution in [0.25, 0.3) is 22.2 Å². The number of nitrogens with one attached hydrogen (secondary N) is 2. The molecule has 2 N–H and O–H groups in total. The molecule has 1 aliphatic carbocycles. The van der Waals surface area contributed by atoms with Gasteiger partial charge in [0, 0.05) is 17.6 Å². The van der Waals surface area contributed by atoms with Crippen LogP contribution in [0.2, 0.25) is 0 Å². The van der Waals surface area contributed by atoms with Crippen molar-refractivity contribution in [3.63, 3.8) is 0 Å². The molecule has 1 amide bonds. The fourth-order valence-corrected chi connectivity index (χ4v) is 4.22. The van der Waals surface area contributed by atoms with Gasteiger partial charge < -0.3 is 4.98 Å². The molecule has 0 aliphatic heterocycles. The number of H-pyrrole nitrogens is 1. The highest BCUT2D eigenvalue weighted by atomic mass is 32.2. The van der Waals surface area contributed by atoms with Crippen molar-refractivity contribution in [3.05, 3.63) is 41.6 Å².